The molecule has 29 heavy (non-hydrogen) atoms. The molecule has 0 amide bonds. The summed E-state index contributed by atoms with van der Waals surface area (Å²) in [7, 11) is 0. The highest BCUT2D eigenvalue weighted by molar-refractivity contribution is 5.28. The van der Waals surface area contributed by atoms with Gasteiger partial charge in [0, 0.05) is 0 Å². The van der Waals surface area contributed by atoms with Crippen LogP contribution in [0.3, 0.4) is 0 Å². The lowest BCUT2D eigenvalue weighted by atomic mass is 9.44. The molecule has 0 heterocycles. The molecule has 1 unspecified atom stereocenters. The summed E-state index contributed by atoms with van der Waals surface area (Å²) in [5.74, 6) is 5.46. The number of allylic oxidation sites excluding steroid dienone is 2. The van der Waals surface area contributed by atoms with Crippen LogP contribution in [0.4, 0.5) is 0 Å². The molecule has 0 saturated heterocycles. The third kappa shape index (κ3) is 3.57. The van der Waals surface area contributed by atoms with Crippen LogP contribution in [0, 0.1) is 51.8 Å². The van der Waals surface area contributed by atoms with Crippen LogP contribution in [0.2, 0.25) is 0 Å². The van der Waals surface area contributed by atoms with Gasteiger partial charge in [-0.3, -0.25) is 0 Å². The maximum Gasteiger partial charge on any atom is -0.0143 e. The van der Waals surface area contributed by atoms with E-state index < -0.39 is 0 Å². The van der Waals surface area contributed by atoms with E-state index in [9.17, 15) is 0 Å². The number of fused-ring (bicyclic) bond motifs is 5. The predicted molar refractivity (Wildman–Crippen MR) is 127 cm³/mol. The minimum absolute atomic E-state index is 0.541. The van der Waals surface area contributed by atoms with Gasteiger partial charge in [-0.2, -0.15) is 0 Å². The lowest BCUT2D eigenvalue weighted by Gasteiger charge is -2.61. The van der Waals surface area contributed by atoms with Crippen molar-refractivity contribution in [3.8, 4) is 0 Å². The van der Waals surface area contributed by atoms with E-state index in [0.29, 0.717) is 16.2 Å². The molecular formula is C29H50. The van der Waals surface area contributed by atoms with E-state index in [0.717, 1.165) is 35.5 Å². The lowest BCUT2D eigenvalue weighted by Crippen LogP contribution is -2.52. The third-order valence-corrected chi connectivity index (χ3v) is 11.0. The molecule has 7 atom stereocenters. The van der Waals surface area contributed by atoms with Gasteiger partial charge in [0.2, 0.25) is 0 Å². The summed E-state index contributed by atoms with van der Waals surface area (Å²) in [5.41, 5.74) is 3.66. The zero-order valence-electron chi connectivity index (χ0n) is 20.8. The van der Waals surface area contributed by atoms with Crippen LogP contribution in [0.25, 0.3) is 0 Å². The Hall–Kier alpha value is -0.260. The molecule has 4 rings (SSSR count). The predicted octanol–water partition coefficient (Wildman–Crippen LogP) is 9.05. The van der Waals surface area contributed by atoms with Crippen molar-refractivity contribution in [1.29, 1.82) is 0 Å². The Balaban J connectivity index is 1.53. The van der Waals surface area contributed by atoms with Gasteiger partial charge in [-0.25, -0.2) is 0 Å². The van der Waals surface area contributed by atoms with Crippen LogP contribution in [0.1, 0.15) is 119 Å². The first kappa shape index (κ1) is 22.0. The molecule has 0 nitrogen and oxygen atoms in total. The van der Waals surface area contributed by atoms with Crippen molar-refractivity contribution in [3.05, 3.63) is 11.6 Å². The molecule has 0 aromatic heterocycles. The highest BCUT2D eigenvalue weighted by Gasteiger charge is 2.59. The number of hydrogen-bond acceptors (Lipinski definition) is 0. The van der Waals surface area contributed by atoms with Gasteiger partial charge < -0.3 is 0 Å². The summed E-state index contributed by atoms with van der Waals surface area (Å²) in [6.45, 7) is 17.9. The second-order valence-corrected chi connectivity index (χ2v) is 13.5. The van der Waals surface area contributed by atoms with Gasteiger partial charge in [0.1, 0.15) is 0 Å². The fraction of sp³-hybridized carbons (Fsp3) is 0.931. The van der Waals surface area contributed by atoms with E-state index in [4.69, 9.17) is 0 Å². The van der Waals surface area contributed by atoms with E-state index in [2.05, 4.69) is 54.5 Å². The van der Waals surface area contributed by atoms with Gasteiger partial charge in [0.05, 0.1) is 0 Å². The quantitative estimate of drug-likeness (QED) is 0.405. The SMILES string of the molecule is CC(C)CCC[C@@H](C)[C@H]1CC[C@H]2C3=CCC4C(C)(C)CCC[C@]4(C)[C@H]3CC[C@]12C. The van der Waals surface area contributed by atoms with E-state index in [-0.39, 0.29) is 0 Å². The summed E-state index contributed by atoms with van der Waals surface area (Å²) in [6, 6.07) is 0. The largest absolute Gasteiger partial charge is 0.0844 e. The Morgan fingerprint density at radius 2 is 1.59 bits per heavy atom. The lowest BCUT2D eigenvalue weighted by molar-refractivity contribution is -0.0629. The van der Waals surface area contributed by atoms with Crippen LogP contribution in [-0.2, 0) is 0 Å². The van der Waals surface area contributed by atoms with Crippen molar-refractivity contribution in [3.63, 3.8) is 0 Å². The van der Waals surface area contributed by atoms with Crippen molar-refractivity contribution < 1.29 is 0 Å². The Labute approximate surface area is 182 Å². The Morgan fingerprint density at radius 1 is 0.862 bits per heavy atom. The fourth-order valence-electron chi connectivity index (χ4n) is 9.44. The molecular weight excluding hydrogens is 348 g/mol. The Bertz CT molecular complexity index is 624. The van der Waals surface area contributed by atoms with Crippen molar-refractivity contribution in [2.75, 3.05) is 0 Å². The zero-order chi connectivity index (χ0) is 21.0. The number of hydrogen-bond donors (Lipinski definition) is 0. The first-order chi connectivity index (χ1) is 13.6. The van der Waals surface area contributed by atoms with E-state index in [1.54, 1.807) is 0 Å². The Morgan fingerprint density at radius 3 is 2.31 bits per heavy atom. The molecule has 0 bridgehead atoms. The van der Waals surface area contributed by atoms with Crippen LogP contribution in [0.5, 0.6) is 0 Å². The molecule has 0 spiro atoms. The highest BCUT2D eigenvalue weighted by atomic mass is 14.6. The van der Waals surface area contributed by atoms with Crippen molar-refractivity contribution >= 4 is 0 Å². The average molecular weight is 399 g/mol. The molecule has 0 aromatic carbocycles. The van der Waals surface area contributed by atoms with Crippen LogP contribution >= 0.6 is 0 Å². The van der Waals surface area contributed by atoms with Gasteiger partial charge >= 0.3 is 0 Å². The van der Waals surface area contributed by atoms with Crippen LogP contribution < -0.4 is 0 Å². The molecule has 3 saturated carbocycles. The summed E-state index contributed by atoms with van der Waals surface area (Å²) in [4.78, 5) is 0. The maximum absolute atomic E-state index is 2.80. The topological polar surface area (TPSA) is 0 Å². The normalized spacial score (nSPS) is 44.6. The first-order valence-electron chi connectivity index (χ1n) is 13.3. The molecule has 0 radical (unpaired) electrons. The molecule has 0 aromatic rings. The average Bonchev–Trinajstić information content (AvgIpc) is 2.98. The maximum atomic E-state index is 2.80. The molecule has 166 valence electrons. The van der Waals surface area contributed by atoms with Crippen molar-refractivity contribution in [2.24, 2.45) is 51.8 Å². The third-order valence-electron chi connectivity index (χ3n) is 11.0. The van der Waals surface area contributed by atoms with Gasteiger partial charge in [0.25, 0.3) is 0 Å². The van der Waals surface area contributed by atoms with E-state index >= 15 is 0 Å². The second-order valence-electron chi connectivity index (χ2n) is 13.5. The number of rotatable bonds is 5. The standard InChI is InChI=1S/C29H50/c1-20(2)10-8-11-21(3)23-13-14-24-22-12-15-26-27(4,5)17-9-18-29(26,7)25(22)16-19-28(23,24)6/h12,20-21,23-26H,8-11,13-19H2,1-7H3/t21-,23-,24+,25+,26?,28-,29-/m1/s1. The fourth-order valence-corrected chi connectivity index (χ4v) is 9.44. The smallest absolute Gasteiger partial charge is 0.0143 e. The van der Waals surface area contributed by atoms with Crippen LogP contribution in [-0.4, -0.2) is 0 Å². The summed E-state index contributed by atoms with van der Waals surface area (Å²) >= 11 is 0. The first-order valence-corrected chi connectivity index (χ1v) is 13.3. The van der Waals surface area contributed by atoms with Gasteiger partial charge in [-0.05, 0) is 96.7 Å². The highest BCUT2D eigenvalue weighted by Crippen LogP contribution is 2.68. The van der Waals surface area contributed by atoms with E-state index in [1.165, 1.54) is 70.6 Å². The summed E-state index contributed by atoms with van der Waals surface area (Å²) < 4.78 is 0. The van der Waals surface area contributed by atoms with Gasteiger partial charge in [-0.15, -0.1) is 0 Å². The summed E-state index contributed by atoms with van der Waals surface area (Å²) in [6.07, 6.45) is 18.9. The van der Waals surface area contributed by atoms with Crippen LogP contribution in [0.15, 0.2) is 11.6 Å². The van der Waals surface area contributed by atoms with Gasteiger partial charge in [0.15, 0.2) is 0 Å². The molecule has 4 aliphatic rings. The minimum Gasteiger partial charge on any atom is -0.0844 e. The molecule has 3 fully saturated rings. The zero-order valence-corrected chi connectivity index (χ0v) is 20.8. The second kappa shape index (κ2) is 7.70. The van der Waals surface area contributed by atoms with Gasteiger partial charge in [-0.1, -0.05) is 85.8 Å². The molecule has 0 heteroatoms. The Kier molecular flexibility index (Phi) is 5.83. The van der Waals surface area contributed by atoms with Crippen molar-refractivity contribution in [2.45, 2.75) is 119 Å². The summed E-state index contributed by atoms with van der Waals surface area (Å²) in [5, 5.41) is 0. The van der Waals surface area contributed by atoms with E-state index in [1.807, 2.05) is 5.57 Å². The van der Waals surface area contributed by atoms with Crippen molar-refractivity contribution in [1.82, 2.24) is 0 Å². The minimum atomic E-state index is 0.541. The molecule has 0 aliphatic heterocycles. The monoisotopic (exact) mass is 398 g/mol. The molecule has 4 aliphatic carbocycles. The molecule has 0 N–H and O–H groups in total.